The summed E-state index contributed by atoms with van der Waals surface area (Å²) in [5.41, 5.74) is -0.796. The average Bonchev–Trinajstić information content (AvgIpc) is 2.95. The molecule has 0 aromatic heterocycles. The Labute approximate surface area is 163 Å². The quantitative estimate of drug-likeness (QED) is 0.327. The molecule has 0 unspecified atom stereocenters. The van der Waals surface area contributed by atoms with Gasteiger partial charge in [0.05, 0.1) is 25.2 Å². The lowest BCUT2D eigenvalue weighted by Crippen LogP contribution is -2.41. The van der Waals surface area contributed by atoms with Gasteiger partial charge >= 0.3 is 5.97 Å². The second-order valence-corrected chi connectivity index (χ2v) is 6.73. The minimum Gasteiger partial charge on any atom is -0.493 e. The number of hydrogen-bond donors (Lipinski definition) is 1. The lowest BCUT2D eigenvalue weighted by molar-refractivity contribution is -0.385. The number of carbonyl (C=O) groups excluding carboxylic acids is 2. The van der Waals surface area contributed by atoms with Crippen molar-refractivity contribution < 1.29 is 28.7 Å². The molecule has 9 heteroatoms. The maximum atomic E-state index is 12.5. The summed E-state index contributed by atoms with van der Waals surface area (Å²) in [5, 5.41) is 14.2. The summed E-state index contributed by atoms with van der Waals surface area (Å²) >= 11 is 0. The minimum absolute atomic E-state index is 0.0616. The molecule has 0 aliphatic heterocycles. The van der Waals surface area contributed by atoms with Crippen LogP contribution in [0.2, 0.25) is 0 Å². The van der Waals surface area contributed by atoms with Gasteiger partial charge < -0.3 is 19.5 Å². The Hall–Kier alpha value is -2.84. The number of amides is 1. The van der Waals surface area contributed by atoms with Gasteiger partial charge in [0.15, 0.2) is 17.6 Å². The van der Waals surface area contributed by atoms with Gasteiger partial charge in [-0.15, -0.1) is 0 Å². The molecule has 1 atom stereocenters. The van der Waals surface area contributed by atoms with Crippen LogP contribution in [0.15, 0.2) is 12.1 Å². The molecule has 0 spiro atoms. The first-order valence-corrected chi connectivity index (χ1v) is 9.29. The number of nitro groups is 1. The van der Waals surface area contributed by atoms with Gasteiger partial charge in [-0.1, -0.05) is 25.7 Å². The molecule has 1 saturated carbocycles. The van der Waals surface area contributed by atoms with Crippen LogP contribution in [0.25, 0.3) is 0 Å². The lowest BCUT2D eigenvalue weighted by Gasteiger charge is -2.19. The van der Waals surface area contributed by atoms with Crippen molar-refractivity contribution in [1.29, 1.82) is 0 Å². The highest BCUT2D eigenvalue weighted by Crippen LogP contribution is 2.35. The van der Waals surface area contributed by atoms with Crippen LogP contribution in [0.1, 0.15) is 55.8 Å². The van der Waals surface area contributed by atoms with E-state index in [9.17, 15) is 19.7 Å². The lowest BCUT2D eigenvalue weighted by atomic mass is 10.1. The minimum atomic E-state index is -1.08. The van der Waals surface area contributed by atoms with Gasteiger partial charge in [-0.05, 0) is 19.8 Å². The molecule has 28 heavy (non-hydrogen) atoms. The van der Waals surface area contributed by atoms with Gasteiger partial charge in [-0.2, -0.15) is 0 Å². The maximum Gasteiger partial charge on any atom is 0.346 e. The van der Waals surface area contributed by atoms with Crippen LogP contribution in [0.5, 0.6) is 11.5 Å². The van der Waals surface area contributed by atoms with Crippen LogP contribution < -0.4 is 14.8 Å². The highest BCUT2D eigenvalue weighted by atomic mass is 16.6. The van der Waals surface area contributed by atoms with E-state index in [0.717, 1.165) is 44.6 Å². The summed E-state index contributed by atoms with van der Waals surface area (Å²) in [6, 6.07) is 2.33. The zero-order chi connectivity index (χ0) is 20.7. The molecule has 154 valence electrons. The molecule has 0 radical (unpaired) electrons. The van der Waals surface area contributed by atoms with Gasteiger partial charge in [0.1, 0.15) is 5.56 Å². The molecule has 9 nitrogen and oxygen atoms in total. The van der Waals surface area contributed by atoms with Crippen LogP contribution in [-0.4, -0.2) is 43.2 Å². The second kappa shape index (κ2) is 9.91. The molecule has 1 aliphatic carbocycles. The third-order valence-corrected chi connectivity index (χ3v) is 4.77. The molecule has 1 N–H and O–H groups in total. The molecule has 1 fully saturated rings. The van der Waals surface area contributed by atoms with Crippen molar-refractivity contribution in [2.75, 3.05) is 14.2 Å². The van der Waals surface area contributed by atoms with Crippen LogP contribution in [-0.2, 0) is 9.53 Å². The Kier molecular flexibility index (Phi) is 7.60. The largest absolute Gasteiger partial charge is 0.493 e. The third kappa shape index (κ3) is 5.34. The number of nitrogens with one attached hydrogen (secondary N) is 1. The summed E-state index contributed by atoms with van der Waals surface area (Å²) in [6.07, 6.45) is 5.12. The first kappa shape index (κ1) is 21.5. The molecule has 0 saturated heterocycles. The van der Waals surface area contributed by atoms with E-state index in [1.54, 1.807) is 0 Å². The van der Waals surface area contributed by atoms with Crippen molar-refractivity contribution >= 4 is 17.6 Å². The third-order valence-electron chi connectivity index (χ3n) is 4.77. The topological polar surface area (TPSA) is 117 Å². The van der Waals surface area contributed by atoms with Crippen LogP contribution in [0.3, 0.4) is 0 Å². The standard InChI is InChI=1S/C19H26N2O7/c1-12(18(22)20-13-8-6-4-5-7-9-13)28-19(23)14-10-16(26-2)17(27-3)11-15(14)21(24)25/h10-13H,4-9H2,1-3H3,(H,20,22)/t12-/m1/s1. The van der Waals surface area contributed by atoms with Gasteiger partial charge in [-0.3, -0.25) is 14.9 Å². The van der Waals surface area contributed by atoms with Crippen LogP contribution >= 0.6 is 0 Å². The van der Waals surface area contributed by atoms with E-state index in [2.05, 4.69) is 5.32 Å². The molecule has 0 bridgehead atoms. The van der Waals surface area contributed by atoms with Crippen molar-refractivity contribution in [1.82, 2.24) is 5.32 Å². The Morgan fingerprint density at radius 2 is 1.68 bits per heavy atom. The predicted octanol–water partition coefficient (Wildman–Crippen LogP) is 3.00. The number of hydrogen-bond acceptors (Lipinski definition) is 7. The van der Waals surface area contributed by atoms with Crippen molar-refractivity contribution in [2.24, 2.45) is 0 Å². The summed E-state index contributed by atoms with van der Waals surface area (Å²) in [6.45, 7) is 1.44. The second-order valence-electron chi connectivity index (χ2n) is 6.73. The summed E-state index contributed by atoms with van der Waals surface area (Å²) < 4.78 is 15.3. The van der Waals surface area contributed by atoms with E-state index in [-0.39, 0.29) is 23.1 Å². The molecular weight excluding hydrogens is 368 g/mol. The van der Waals surface area contributed by atoms with E-state index in [4.69, 9.17) is 14.2 Å². The van der Waals surface area contributed by atoms with Gasteiger partial charge in [-0.25, -0.2) is 4.79 Å². The van der Waals surface area contributed by atoms with Crippen molar-refractivity contribution in [3.05, 3.63) is 27.8 Å². The van der Waals surface area contributed by atoms with Gasteiger partial charge in [0.25, 0.3) is 11.6 Å². The molecule has 1 aromatic rings. The SMILES string of the molecule is COc1cc(C(=O)O[C@H](C)C(=O)NC2CCCCCC2)c([N+](=O)[O-])cc1OC. The van der Waals surface area contributed by atoms with E-state index in [1.807, 2.05) is 0 Å². The van der Waals surface area contributed by atoms with Crippen molar-refractivity contribution in [3.63, 3.8) is 0 Å². The number of rotatable bonds is 7. The first-order chi connectivity index (χ1) is 13.4. The van der Waals surface area contributed by atoms with Crippen molar-refractivity contribution in [2.45, 2.75) is 57.6 Å². The molecule has 1 amide bonds. The van der Waals surface area contributed by atoms with E-state index in [0.29, 0.717) is 0 Å². The number of esters is 1. The Morgan fingerprint density at radius 1 is 1.11 bits per heavy atom. The van der Waals surface area contributed by atoms with Crippen LogP contribution in [0, 0.1) is 10.1 Å². The molecule has 1 aliphatic rings. The van der Waals surface area contributed by atoms with E-state index < -0.39 is 28.6 Å². The fourth-order valence-electron chi connectivity index (χ4n) is 3.20. The molecule has 2 rings (SSSR count). The molecule has 0 heterocycles. The highest BCUT2D eigenvalue weighted by Gasteiger charge is 2.29. The fourth-order valence-corrected chi connectivity index (χ4v) is 3.20. The number of ether oxygens (including phenoxy) is 3. The zero-order valence-electron chi connectivity index (χ0n) is 16.4. The summed E-state index contributed by atoms with van der Waals surface area (Å²) in [5.74, 6) is -1.12. The summed E-state index contributed by atoms with van der Waals surface area (Å²) in [7, 11) is 2.68. The number of methoxy groups -OCH3 is 2. The van der Waals surface area contributed by atoms with Gasteiger partial charge in [0, 0.05) is 12.1 Å². The number of nitro benzene ring substituents is 1. The van der Waals surface area contributed by atoms with Crippen LogP contribution in [0.4, 0.5) is 5.69 Å². The Balaban J connectivity index is 2.12. The average molecular weight is 394 g/mol. The zero-order valence-corrected chi connectivity index (χ0v) is 16.4. The van der Waals surface area contributed by atoms with E-state index in [1.165, 1.54) is 27.2 Å². The van der Waals surface area contributed by atoms with Gasteiger partial charge in [0.2, 0.25) is 0 Å². The Morgan fingerprint density at radius 3 is 2.21 bits per heavy atom. The van der Waals surface area contributed by atoms with E-state index >= 15 is 0 Å². The smallest absolute Gasteiger partial charge is 0.346 e. The fraction of sp³-hybridized carbons (Fsp3) is 0.579. The first-order valence-electron chi connectivity index (χ1n) is 9.29. The summed E-state index contributed by atoms with van der Waals surface area (Å²) in [4.78, 5) is 35.5. The molecule has 1 aromatic carbocycles. The molecular formula is C19H26N2O7. The monoisotopic (exact) mass is 394 g/mol. The normalized spacial score (nSPS) is 15.8. The van der Waals surface area contributed by atoms with Crippen molar-refractivity contribution in [3.8, 4) is 11.5 Å². The maximum absolute atomic E-state index is 12.5. The number of carbonyl (C=O) groups is 2. The Bertz CT molecular complexity index is 727. The number of nitrogens with zero attached hydrogens (tertiary/aromatic N) is 1. The predicted molar refractivity (Wildman–Crippen MR) is 101 cm³/mol. The number of benzene rings is 1. The highest BCUT2D eigenvalue weighted by molar-refractivity contribution is 5.96.